The van der Waals surface area contributed by atoms with Crippen molar-refractivity contribution in [1.82, 2.24) is 0 Å². The summed E-state index contributed by atoms with van der Waals surface area (Å²) in [5.41, 5.74) is 0.919. The van der Waals surface area contributed by atoms with Crippen LogP contribution in [0.2, 0.25) is 0 Å². The van der Waals surface area contributed by atoms with E-state index in [-0.39, 0.29) is 6.61 Å². The van der Waals surface area contributed by atoms with E-state index in [9.17, 15) is 0 Å². The van der Waals surface area contributed by atoms with E-state index in [0.29, 0.717) is 0 Å². The SMILES string of the molecule is COc1ccc(C=CCO)c(OC)c1. The first kappa shape index (κ1) is 10.6. The highest BCUT2D eigenvalue weighted by atomic mass is 16.5. The summed E-state index contributed by atoms with van der Waals surface area (Å²) in [5.74, 6) is 1.48. The van der Waals surface area contributed by atoms with Gasteiger partial charge in [-0.1, -0.05) is 12.2 Å². The number of aliphatic hydroxyl groups excluding tert-OH is 1. The molecule has 14 heavy (non-hydrogen) atoms. The summed E-state index contributed by atoms with van der Waals surface area (Å²) >= 11 is 0. The fraction of sp³-hybridized carbons (Fsp3) is 0.273. The van der Waals surface area contributed by atoms with Gasteiger partial charge in [0.25, 0.3) is 0 Å². The molecule has 76 valence electrons. The van der Waals surface area contributed by atoms with Crippen LogP contribution in [0.3, 0.4) is 0 Å². The molecule has 0 spiro atoms. The fourth-order valence-corrected chi connectivity index (χ4v) is 1.14. The van der Waals surface area contributed by atoms with Crippen LogP contribution in [-0.4, -0.2) is 25.9 Å². The van der Waals surface area contributed by atoms with Crippen LogP contribution in [0.5, 0.6) is 11.5 Å². The molecule has 0 saturated carbocycles. The van der Waals surface area contributed by atoms with E-state index in [1.807, 2.05) is 12.1 Å². The zero-order valence-electron chi connectivity index (χ0n) is 8.36. The van der Waals surface area contributed by atoms with Gasteiger partial charge >= 0.3 is 0 Å². The molecule has 0 aliphatic heterocycles. The van der Waals surface area contributed by atoms with E-state index < -0.39 is 0 Å². The van der Waals surface area contributed by atoms with Crippen molar-refractivity contribution in [2.24, 2.45) is 0 Å². The molecule has 0 aliphatic rings. The Labute approximate surface area is 83.6 Å². The summed E-state index contributed by atoms with van der Waals surface area (Å²) < 4.78 is 10.2. The molecule has 0 aromatic heterocycles. The van der Waals surface area contributed by atoms with E-state index in [2.05, 4.69) is 0 Å². The van der Waals surface area contributed by atoms with Gasteiger partial charge in [0.1, 0.15) is 11.5 Å². The number of rotatable bonds is 4. The van der Waals surface area contributed by atoms with E-state index in [0.717, 1.165) is 17.1 Å². The van der Waals surface area contributed by atoms with Crippen molar-refractivity contribution < 1.29 is 14.6 Å². The Kier molecular flexibility index (Phi) is 4.01. The van der Waals surface area contributed by atoms with Crippen molar-refractivity contribution in [2.45, 2.75) is 0 Å². The molecular formula is C11H14O3. The van der Waals surface area contributed by atoms with Crippen LogP contribution >= 0.6 is 0 Å². The Morgan fingerprint density at radius 2 is 2.07 bits per heavy atom. The first-order chi connectivity index (χ1) is 6.81. The minimum Gasteiger partial charge on any atom is -0.497 e. The van der Waals surface area contributed by atoms with Gasteiger partial charge in [-0.2, -0.15) is 0 Å². The third-order valence-electron chi connectivity index (χ3n) is 1.84. The fourth-order valence-electron chi connectivity index (χ4n) is 1.14. The number of aliphatic hydroxyl groups is 1. The highest BCUT2D eigenvalue weighted by Crippen LogP contribution is 2.25. The van der Waals surface area contributed by atoms with E-state index in [1.54, 1.807) is 32.4 Å². The second-order valence-corrected chi connectivity index (χ2v) is 2.69. The van der Waals surface area contributed by atoms with Gasteiger partial charge in [-0.3, -0.25) is 0 Å². The number of methoxy groups -OCH3 is 2. The molecule has 0 heterocycles. The Morgan fingerprint density at radius 1 is 1.29 bits per heavy atom. The topological polar surface area (TPSA) is 38.7 Å². The van der Waals surface area contributed by atoms with Gasteiger partial charge in [0.2, 0.25) is 0 Å². The summed E-state index contributed by atoms with van der Waals surface area (Å²) in [5, 5.41) is 8.64. The molecular weight excluding hydrogens is 180 g/mol. The van der Waals surface area contributed by atoms with Gasteiger partial charge in [-0.05, 0) is 12.1 Å². The Bertz CT molecular complexity index is 318. The molecule has 0 saturated heterocycles. The van der Waals surface area contributed by atoms with Crippen molar-refractivity contribution in [1.29, 1.82) is 0 Å². The van der Waals surface area contributed by atoms with Crippen LogP contribution in [0.25, 0.3) is 6.08 Å². The zero-order valence-corrected chi connectivity index (χ0v) is 8.36. The van der Waals surface area contributed by atoms with Crippen LogP contribution in [-0.2, 0) is 0 Å². The molecule has 3 heteroatoms. The molecule has 0 atom stereocenters. The Hall–Kier alpha value is -1.48. The largest absolute Gasteiger partial charge is 0.497 e. The molecule has 0 fully saturated rings. The van der Waals surface area contributed by atoms with Gasteiger partial charge in [0.15, 0.2) is 0 Å². The van der Waals surface area contributed by atoms with E-state index >= 15 is 0 Å². The predicted molar refractivity (Wildman–Crippen MR) is 55.7 cm³/mol. The molecule has 0 unspecified atom stereocenters. The summed E-state index contributed by atoms with van der Waals surface area (Å²) in [6.45, 7) is 0.0230. The molecule has 0 bridgehead atoms. The lowest BCUT2D eigenvalue weighted by Crippen LogP contribution is -1.89. The summed E-state index contributed by atoms with van der Waals surface area (Å²) in [6, 6.07) is 5.53. The first-order valence-electron chi connectivity index (χ1n) is 4.31. The maximum atomic E-state index is 8.64. The molecule has 1 N–H and O–H groups in total. The van der Waals surface area contributed by atoms with Gasteiger partial charge < -0.3 is 14.6 Å². The molecule has 0 radical (unpaired) electrons. The number of hydrogen-bond acceptors (Lipinski definition) is 3. The summed E-state index contributed by atoms with van der Waals surface area (Å²) in [4.78, 5) is 0. The van der Waals surface area contributed by atoms with Crippen molar-refractivity contribution in [3.05, 3.63) is 29.8 Å². The molecule has 0 amide bonds. The van der Waals surface area contributed by atoms with Crippen LogP contribution in [0, 0.1) is 0 Å². The standard InChI is InChI=1S/C11H14O3/c1-13-10-6-5-9(4-3-7-12)11(8-10)14-2/h3-6,8,12H,7H2,1-2H3. The molecule has 1 rings (SSSR count). The highest BCUT2D eigenvalue weighted by molar-refractivity contribution is 5.59. The van der Waals surface area contributed by atoms with Crippen molar-refractivity contribution in [3.63, 3.8) is 0 Å². The van der Waals surface area contributed by atoms with Gasteiger partial charge in [-0.25, -0.2) is 0 Å². The smallest absolute Gasteiger partial charge is 0.129 e. The van der Waals surface area contributed by atoms with Crippen molar-refractivity contribution >= 4 is 6.08 Å². The van der Waals surface area contributed by atoms with Crippen LogP contribution in [0.4, 0.5) is 0 Å². The predicted octanol–water partition coefficient (Wildman–Crippen LogP) is 1.71. The minimum absolute atomic E-state index is 0.0230. The third kappa shape index (κ3) is 2.50. The van der Waals surface area contributed by atoms with E-state index in [4.69, 9.17) is 14.6 Å². The van der Waals surface area contributed by atoms with E-state index in [1.165, 1.54) is 0 Å². The Balaban J connectivity index is 2.99. The van der Waals surface area contributed by atoms with Crippen molar-refractivity contribution in [3.8, 4) is 11.5 Å². The average molecular weight is 194 g/mol. The van der Waals surface area contributed by atoms with Gasteiger partial charge in [0, 0.05) is 11.6 Å². The molecule has 1 aromatic carbocycles. The lowest BCUT2D eigenvalue weighted by atomic mass is 10.2. The second-order valence-electron chi connectivity index (χ2n) is 2.69. The molecule has 0 aliphatic carbocycles. The first-order valence-corrected chi connectivity index (χ1v) is 4.31. The quantitative estimate of drug-likeness (QED) is 0.793. The van der Waals surface area contributed by atoms with Crippen LogP contribution in [0.1, 0.15) is 5.56 Å². The van der Waals surface area contributed by atoms with Crippen molar-refractivity contribution in [2.75, 3.05) is 20.8 Å². The number of ether oxygens (including phenoxy) is 2. The zero-order chi connectivity index (χ0) is 10.4. The number of hydrogen-bond donors (Lipinski definition) is 1. The third-order valence-corrected chi connectivity index (χ3v) is 1.84. The summed E-state index contributed by atoms with van der Waals surface area (Å²) in [7, 11) is 3.21. The lowest BCUT2D eigenvalue weighted by Gasteiger charge is -2.06. The van der Waals surface area contributed by atoms with Gasteiger partial charge in [0.05, 0.1) is 20.8 Å². The van der Waals surface area contributed by atoms with Crippen LogP contribution < -0.4 is 9.47 Å². The van der Waals surface area contributed by atoms with Crippen LogP contribution in [0.15, 0.2) is 24.3 Å². The molecule has 1 aromatic rings. The normalized spacial score (nSPS) is 10.5. The number of benzene rings is 1. The monoisotopic (exact) mass is 194 g/mol. The maximum absolute atomic E-state index is 8.64. The minimum atomic E-state index is 0.0230. The average Bonchev–Trinajstić information content (AvgIpc) is 2.26. The lowest BCUT2D eigenvalue weighted by molar-refractivity contribution is 0.343. The molecule has 3 nitrogen and oxygen atoms in total. The second kappa shape index (κ2) is 5.29. The summed E-state index contributed by atoms with van der Waals surface area (Å²) in [6.07, 6.45) is 3.46. The maximum Gasteiger partial charge on any atom is 0.129 e. The Morgan fingerprint density at radius 3 is 2.64 bits per heavy atom. The highest BCUT2D eigenvalue weighted by Gasteiger charge is 2.00. The van der Waals surface area contributed by atoms with Gasteiger partial charge in [-0.15, -0.1) is 0 Å².